The Morgan fingerprint density at radius 2 is 2.38 bits per heavy atom. The van der Waals surface area contributed by atoms with E-state index in [-0.39, 0.29) is 0 Å². The van der Waals surface area contributed by atoms with Crippen molar-refractivity contribution in [3.8, 4) is 0 Å². The number of pyridine rings is 1. The van der Waals surface area contributed by atoms with E-state index in [4.69, 9.17) is 4.74 Å². The number of fused-ring (bicyclic) bond motifs is 1. The van der Waals surface area contributed by atoms with Crippen LogP contribution in [0.5, 0.6) is 0 Å². The maximum absolute atomic E-state index is 5.38. The van der Waals surface area contributed by atoms with Gasteiger partial charge in [0.2, 0.25) is 0 Å². The molecule has 1 aromatic rings. The summed E-state index contributed by atoms with van der Waals surface area (Å²) in [7, 11) is 0. The number of aryl methyl sites for hydroxylation is 2. The molecule has 1 N–H and O–H groups in total. The lowest BCUT2D eigenvalue weighted by molar-refractivity contribution is 0.141. The van der Waals surface area contributed by atoms with Gasteiger partial charge in [-0.1, -0.05) is 0 Å². The highest BCUT2D eigenvalue weighted by atomic mass is 16.5. The minimum atomic E-state index is 0.334. The smallest absolute Gasteiger partial charge is 0.0664 e. The molecule has 0 bridgehead atoms. The molecule has 1 unspecified atom stereocenters. The molecule has 0 aromatic carbocycles. The van der Waals surface area contributed by atoms with E-state index in [9.17, 15) is 0 Å². The maximum atomic E-state index is 5.38. The monoisotopic (exact) mass is 220 g/mol. The van der Waals surface area contributed by atoms with Gasteiger partial charge in [0, 0.05) is 18.3 Å². The van der Waals surface area contributed by atoms with Crippen molar-refractivity contribution in [2.45, 2.75) is 39.2 Å². The Morgan fingerprint density at radius 3 is 3.19 bits per heavy atom. The Hall–Kier alpha value is -1.09. The van der Waals surface area contributed by atoms with Gasteiger partial charge in [0.15, 0.2) is 0 Å². The van der Waals surface area contributed by atoms with Crippen LogP contribution < -0.4 is 5.32 Å². The molecule has 1 aliphatic rings. The van der Waals surface area contributed by atoms with Crippen molar-refractivity contribution in [1.82, 2.24) is 4.98 Å². The van der Waals surface area contributed by atoms with Crippen LogP contribution >= 0.6 is 0 Å². The molecule has 0 saturated carbocycles. The Bertz CT molecular complexity index is 352. The Morgan fingerprint density at radius 1 is 1.50 bits per heavy atom. The van der Waals surface area contributed by atoms with E-state index < -0.39 is 0 Å². The lowest BCUT2D eigenvalue weighted by atomic mass is 10.2. The molecule has 1 aliphatic carbocycles. The average molecular weight is 220 g/mol. The summed E-state index contributed by atoms with van der Waals surface area (Å²) in [6, 6.07) is 2.57. The van der Waals surface area contributed by atoms with Gasteiger partial charge in [0.1, 0.15) is 0 Å². The van der Waals surface area contributed by atoms with Crippen molar-refractivity contribution in [2.75, 3.05) is 18.5 Å². The fourth-order valence-electron chi connectivity index (χ4n) is 2.13. The predicted molar refractivity (Wildman–Crippen MR) is 65.8 cm³/mol. The minimum Gasteiger partial charge on any atom is -0.380 e. The number of aromatic nitrogens is 1. The third-order valence-electron chi connectivity index (χ3n) is 2.90. The Balaban J connectivity index is 1.94. The van der Waals surface area contributed by atoms with Crippen molar-refractivity contribution in [3.05, 3.63) is 23.5 Å². The van der Waals surface area contributed by atoms with Crippen molar-refractivity contribution >= 4 is 5.69 Å². The summed E-state index contributed by atoms with van der Waals surface area (Å²) in [6.45, 7) is 5.66. The molecule has 16 heavy (non-hydrogen) atoms. The van der Waals surface area contributed by atoms with Gasteiger partial charge in [-0.15, -0.1) is 0 Å². The fourth-order valence-corrected chi connectivity index (χ4v) is 2.13. The highest BCUT2D eigenvalue weighted by molar-refractivity contribution is 5.46. The van der Waals surface area contributed by atoms with Gasteiger partial charge in [0.05, 0.1) is 18.5 Å². The van der Waals surface area contributed by atoms with Crippen LogP contribution in [0.2, 0.25) is 0 Å². The van der Waals surface area contributed by atoms with Gasteiger partial charge in [-0.05, 0) is 44.7 Å². The molecule has 0 radical (unpaired) electrons. The number of hydrogen-bond donors (Lipinski definition) is 1. The SMILES string of the molecule is CCOCC(C)Nc1cnc2c(c1)CCC2. The summed E-state index contributed by atoms with van der Waals surface area (Å²) in [5, 5.41) is 3.42. The van der Waals surface area contributed by atoms with E-state index in [0.29, 0.717) is 6.04 Å². The van der Waals surface area contributed by atoms with Crippen LogP contribution in [-0.2, 0) is 17.6 Å². The van der Waals surface area contributed by atoms with E-state index in [2.05, 4.69) is 23.3 Å². The molecule has 88 valence electrons. The van der Waals surface area contributed by atoms with Gasteiger partial charge < -0.3 is 10.1 Å². The molecule has 0 amide bonds. The number of rotatable bonds is 5. The van der Waals surface area contributed by atoms with Crippen LogP contribution in [0.25, 0.3) is 0 Å². The summed E-state index contributed by atoms with van der Waals surface area (Å²) >= 11 is 0. The molecule has 1 aromatic heterocycles. The summed E-state index contributed by atoms with van der Waals surface area (Å²) in [6.07, 6.45) is 5.51. The molecule has 1 heterocycles. The summed E-state index contributed by atoms with van der Waals surface area (Å²) in [5.41, 5.74) is 3.81. The molecule has 1 atom stereocenters. The zero-order chi connectivity index (χ0) is 11.4. The summed E-state index contributed by atoms with van der Waals surface area (Å²) in [4.78, 5) is 4.49. The third kappa shape index (κ3) is 2.73. The van der Waals surface area contributed by atoms with Crippen molar-refractivity contribution in [2.24, 2.45) is 0 Å². The zero-order valence-electron chi connectivity index (χ0n) is 10.1. The normalized spacial score (nSPS) is 15.9. The van der Waals surface area contributed by atoms with E-state index >= 15 is 0 Å². The first-order valence-electron chi connectivity index (χ1n) is 6.11. The standard InChI is InChI=1S/C13H20N2O/c1-3-16-9-10(2)15-12-7-11-5-4-6-13(11)14-8-12/h7-8,10,15H,3-6,9H2,1-2H3. The number of nitrogens with one attached hydrogen (secondary N) is 1. The fraction of sp³-hybridized carbons (Fsp3) is 0.615. The van der Waals surface area contributed by atoms with E-state index in [1.807, 2.05) is 13.1 Å². The molecule has 0 spiro atoms. The van der Waals surface area contributed by atoms with Crippen LogP contribution in [0.1, 0.15) is 31.5 Å². The highest BCUT2D eigenvalue weighted by Crippen LogP contribution is 2.22. The first kappa shape index (κ1) is 11.4. The average Bonchev–Trinajstić information content (AvgIpc) is 2.73. The molecular weight excluding hydrogens is 200 g/mol. The molecule has 0 fully saturated rings. The van der Waals surface area contributed by atoms with E-state index in [1.54, 1.807) is 0 Å². The number of hydrogen-bond acceptors (Lipinski definition) is 3. The summed E-state index contributed by atoms with van der Waals surface area (Å²) < 4.78 is 5.38. The second kappa shape index (κ2) is 5.30. The molecule has 3 nitrogen and oxygen atoms in total. The van der Waals surface area contributed by atoms with Crippen molar-refractivity contribution < 1.29 is 4.74 Å². The summed E-state index contributed by atoms with van der Waals surface area (Å²) in [5.74, 6) is 0. The second-order valence-electron chi connectivity index (χ2n) is 4.39. The third-order valence-corrected chi connectivity index (χ3v) is 2.90. The number of nitrogens with zero attached hydrogens (tertiary/aromatic N) is 1. The molecule has 3 heteroatoms. The molecule has 0 aliphatic heterocycles. The Kier molecular flexibility index (Phi) is 3.78. The van der Waals surface area contributed by atoms with Crippen molar-refractivity contribution in [3.63, 3.8) is 0 Å². The minimum absolute atomic E-state index is 0.334. The van der Waals surface area contributed by atoms with Gasteiger partial charge in [-0.25, -0.2) is 0 Å². The quantitative estimate of drug-likeness (QED) is 0.827. The van der Waals surface area contributed by atoms with Gasteiger partial charge in [-0.3, -0.25) is 4.98 Å². The van der Waals surface area contributed by atoms with E-state index in [1.165, 1.54) is 24.1 Å². The maximum Gasteiger partial charge on any atom is 0.0664 e. The first-order chi connectivity index (χ1) is 7.79. The molecule has 0 saturated heterocycles. The first-order valence-corrected chi connectivity index (χ1v) is 6.11. The van der Waals surface area contributed by atoms with Crippen LogP contribution in [0.3, 0.4) is 0 Å². The lowest BCUT2D eigenvalue weighted by Gasteiger charge is -2.15. The number of ether oxygens (including phenoxy) is 1. The van der Waals surface area contributed by atoms with E-state index in [0.717, 1.165) is 25.3 Å². The van der Waals surface area contributed by atoms with Crippen LogP contribution in [0, 0.1) is 0 Å². The zero-order valence-corrected chi connectivity index (χ0v) is 10.1. The van der Waals surface area contributed by atoms with Gasteiger partial charge in [0.25, 0.3) is 0 Å². The predicted octanol–water partition coefficient (Wildman–Crippen LogP) is 2.41. The van der Waals surface area contributed by atoms with Crippen LogP contribution in [-0.4, -0.2) is 24.2 Å². The number of anilines is 1. The second-order valence-corrected chi connectivity index (χ2v) is 4.39. The molecular formula is C13H20N2O. The van der Waals surface area contributed by atoms with Crippen LogP contribution in [0.15, 0.2) is 12.3 Å². The van der Waals surface area contributed by atoms with Gasteiger partial charge in [-0.2, -0.15) is 0 Å². The van der Waals surface area contributed by atoms with Crippen molar-refractivity contribution in [1.29, 1.82) is 0 Å². The van der Waals surface area contributed by atoms with Gasteiger partial charge >= 0.3 is 0 Å². The lowest BCUT2D eigenvalue weighted by Crippen LogP contribution is -2.21. The Labute approximate surface area is 97.2 Å². The molecule has 2 rings (SSSR count). The largest absolute Gasteiger partial charge is 0.380 e. The highest BCUT2D eigenvalue weighted by Gasteiger charge is 2.12. The topological polar surface area (TPSA) is 34.1 Å². The van der Waals surface area contributed by atoms with Crippen LogP contribution in [0.4, 0.5) is 5.69 Å².